The molecule has 0 saturated heterocycles. The van der Waals surface area contributed by atoms with E-state index in [1.54, 1.807) is 13.3 Å². The molecule has 0 aliphatic heterocycles. The molecule has 1 rings (SSSR count). The smallest absolute Gasteiger partial charge is 0.131 e. The van der Waals surface area contributed by atoms with Gasteiger partial charge in [-0.15, -0.1) is 0 Å². The van der Waals surface area contributed by atoms with E-state index in [-0.39, 0.29) is 0 Å². The molecule has 0 unspecified atom stereocenters. The number of hydrogen-bond acceptors (Lipinski definition) is 6. The van der Waals surface area contributed by atoms with Crippen molar-refractivity contribution in [3.05, 3.63) is 23.9 Å². The Morgan fingerprint density at radius 3 is 2.33 bits per heavy atom. The molecule has 0 radical (unpaired) electrons. The summed E-state index contributed by atoms with van der Waals surface area (Å²) >= 11 is 0. The van der Waals surface area contributed by atoms with Crippen LogP contribution in [0.2, 0.25) is 0 Å². The molecule has 120 valence electrons. The lowest BCUT2D eigenvalue weighted by atomic mass is 10.2. The van der Waals surface area contributed by atoms with Gasteiger partial charge < -0.3 is 24.3 Å². The molecule has 0 amide bonds. The summed E-state index contributed by atoms with van der Waals surface area (Å²) in [6.07, 6.45) is 1.77. The molecule has 0 aliphatic rings. The van der Waals surface area contributed by atoms with Crippen LogP contribution in [0.3, 0.4) is 0 Å². The molecule has 1 aromatic heterocycles. The Kier molecular flexibility index (Phi) is 10.6. The van der Waals surface area contributed by atoms with Crippen molar-refractivity contribution in [2.75, 3.05) is 58.6 Å². The van der Waals surface area contributed by atoms with Gasteiger partial charge in [-0.2, -0.15) is 0 Å². The second kappa shape index (κ2) is 12.5. The summed E-state index contributed by atoms with van der Waals surface area (Å²) in [5, 5.41) is 3.21. The molecular formula is C15H26N2O4. The zero-order chi connectivity index (χ0) is 15.2. The third-order valence-corrected chi connectivity index (χ3v) is 2.67. The van der Waals surface area contributed by atoms with Crippen LogP contribution in [0.5, 0.6) is 0 Å². The van der Waals surface area contributed by atoms with Gasteiger partial charge >= 0.3 is 0 Å². The van der Waals surface area contributed by atoms with Crippen molar-refractivity contribution in [2.24, 2.45) is 0 Å². The summed E-state index contributed by atoms with van der Waals surface area (Å²) in [4.78, 5) is 4.28. The topological polar surface area (TPSA) is 61.8 Å². The summed E-state index contributed by atoms with van der Waals surface area (Å²) in [5.41, 5.74) is 1.06. The van der Waals surface area contributed by atoms with E-state index in [9.17, 15) is 0 Å². The Labute approximate surface area is 126 Å². The molecule has 6 heteroatoms. The fourth-order valence-electron chi connectivity index (χ4n) is 1.65. The minimum absolute atomic E-state index is 0.532. The fraction of sp³-hybridized carbons (Fsp3) is 0.667. The third kappa shape index (κ3) is 8.62. The molecule has 0 saturated carbocycles. The van der Waals surface area contributed by atoms with Gasteiger partial charge in [0.05, 0.1) is 46.2 Å². The number of nitrogens with one attached hydrogen (secondary N) is 1. The Hall–Kier alpha value is -1.21. The van der Waals surface area contributed by atoms with Crippen molar-refractivity contribution in [3.63, 3.8) is 0 Å². The predicted octanol–water partition coefficient (Wildman–Crippen LogP) is 1.71. The van der Waals surface area contributed by atoms with E-state index in [0.29, 0.717) is 46.2 Å². The SMILES string of the molecule is CCNc1ncccc1COCCOCCOCCOC. The van der Waals surface area contributed by atoms with Gasteiger partial charge in [-0.3, -0.25) is 0 Å². The number of nitrogens with zero attached hydrogens (tertiary/aromatic N) is 1. The Morgan fingerprint density at radius 1 is 1.00 bits per heavy atom. The lowest BCUT2D eigenvalue weighted by Gasteiger charge is -2.10. The van der Waals surface area contributed by atoms with Crippen LogP contribution in [-0.4, -0.2) is 58.3 Å². The standard InChI is InChI=1S/C15H26N2O4/c1-3-16-15-14(5-4-6-17-15)13-21-12-11-20-10-9-19-8-7-18-2/h4-6H,3,7-13H2,1-2H3,(H,16,17). The lowest BCUT2D eigenvalue weighted by molar-refractivity contribution is 0.000907. The Morgan fingerprint density at radius 2 is 1.67 bits per heavy atom. The highest BCUT2D eigenvalue weighted by Gasteiger charge is 2.01. The van der Waals surface area contributed by atoms with Gasteiger partial charge in [-0.1, -0.05) is 6.07 Å². The molecular weight excluding hydrogens is 272 g/mol. The highest BCUT2D eigenvalue weighted by Crippen LogP contribution is 2.12. The van der Waals surface area contributed by atoms with Crippen molar-refractivity contribution in [2.45, 2.75) is 13.5 Å². The van der Waals surface area contributed by atoms with Gasteiger partial charge in [-0.05, 0) is 13.0 Å². The van der Waals surface area contributed by atoms with E-state index in [4.69, 9.17) is 18.9 Å². The van der Waals surface area contributed by atoms with Crippen LogP contribution in [-0.2, 0) is 25.6 Å². The molecule has 21 heavy (non-hydrogen) atoms. The van der Waals surface area contributed by atoms with E-state index in [2.05, 4.69) is 10.3 Å². The van der Waals surface area contributed by atoms with Gasteiger partial charge in [0.25, 0.3) is 0 Å². The molecule has 0 fully saturated rings. The van der Waals surface area contributed by atoms with Gasteiger partial charge in [0.2, 0.25) is 0 Å². The molecule has 6 nitrogen and oxygen atoms in total. The highest BCUT2D eigenvalue weighted by molar-refractivity contribution is 5.42. The van der Waals surface area contributed by atoms with Crippen LogP contribution < -0.4 is 5.32 Å². The van der Waals surface area contributed by atoms with Crippen molar-refractivity contribution in [1.29, 1.82) is 0 Å². The van der Waals surface area contributed by atoms with Crippen LogP contribution in [0.15, 0.2) is 18.3 Å². The van der Waals surface area contributed by atoms with Crippen LogP contribution in [0.25, 0.3) is 0 Å². The second-order valence-corrected chi connectivity index (χ2v) is 4.31. The first-order valence-electron chi connectivity index (χ1n) is 7.28. The number of hydrogen-bond donors (Lipinski definition) is 1. The van der Waals surface area contributed by atoms with Crippen molar-refractivity contribution in [1.82, 2.24) is 4.98 Å². The minimum Gasteiger partial charge on any atom is -0.382 e. The fourth-order valence-corrected chi connectivity index (χ4v) is 1.65. The number of anilines is 1. The Bertz CT molecular complexity index is 363. The molecule has 1 aromatic rings. The molecule has 1 N–H and O–H groups in total. The molecule has 0 aromatic carbocycles. The van der Waals surface area contributed by atoms with Crippen LogP contribution in [0.4, 0.5) is 5.82 Å². The summed E-state index contributed by atoms with van der Waals surface area (Å²) in [6.45, 7) is 6.90. The average Bonchev–Trinajstić information content (AvgIpc) is 2.51. The van der Waals surface area contributed by atoms with E-state index < -0.39 is 0 Å². The monoisotopic (exact) mass is 298 g/mol. The van der Waals surface area contributed by atoms with E-state index >= 15 is 0 Å². The van der Waals surface area contributed by atoms with Crippen LogP contribution in [0.1, 0.15) is 12.5 Å². The molecule has 1 heterocycles. The van der Waals surface area contributed by atoms with Crippen LogP contribution in [0, 0.1) is 0 Å². The van der Waals surface area contributed by atoms with Gasteiger partial charge in [0, 0.05) is 25.4 Å². The van der Waals surface area contributed by atoms with Gasteiger partial charge in [0.1, 0.15) is 5.82 Å². The summed E-state index contributed by atoms with van der Waals surface area (Å²) in [7, 11) is 1.65. The summed E-state index contributed by atoms with van der Waals surface area (Å²) in [6, 6.07) is 3.92. The van der Waals surface area contributed by atoms with Crippen LogP contribution >= 0.6 is 0 Å². The molecule has 0 atom stereocenters. The molecule has 0 aliphatic carbocycles. The second-order valence-electron chi connectivity index (χ2n) is 4.31. The van der Waals surface area contributed by atoms with Crippen molar-refractivity contribution >= 4 is 5.82 Å². The van der Waals surface area contributed by atoms with Crippen molar-refractivity contribution in [3.8, 4) is 0 Å². The predicted molar refractivity (Wildman–Crippen MR) is 81.6 cm³/mol. The maximum Gasteiger partial charge on any atom is 0.131 e. The zero-order valence-corrected chi connectivity index (χ0v) is 13.0. The normalized spacial score (nSPS) is 10.8. The number of rotatable bonds is 13. The first kappa shape index (κ1) is 17.8. The third-order valence-electron chi connectivity index (χ3n) is 2.67. The number of pyridine rings is 1. The summed E-state index contributed by atoms with van der Waals surface area (Å²) < 4.78 is 21.2. The first-order chi connectivity index (χ1) is 10.4. The quantitative estimate of drug-likeness (QED) is 0.559. The molecule has 0 spiro atoms. The maximum absolute atomic E-state index is 5.59. The Balaban J connectivity index is 2.01. The maximum atomic E-state index is 5.59. The van der Waals surface area contributed by atoms with Gasteiger partial charge in [0.15, 0.2) is 0 Å². The van der Waals surface area contributed by atoms with E-state index in [1.165, 1.54) is 0 Å². The highest BCUT2D eigenvalue weighted by atomic mass is 16.6. The average molecular weight is 298 g/mol. The number of ether oxygens (including phenoxy) is 4. The van der Waals surface area contributed by atoms with E-state index in [0.717, 1.165) is 17.9 Å². The summed E-state index contributed by atoms with van der Waals surface area (Å²) in [5.74, 6) is 0.882. The minimum atomic E-state index is 0.532. The number of aromatic nitrogens is 1. The van der Waals surface area contributed by atoms with Gasteiger partial charge in [-0.25, -0.2) is 4.98 Å². The first-order valence-corrected chi connectivity index (χ1v) is 7.28. The van der Waals surface area contributed by atoms with E-state index in [1.807, 2.05) is 19.1 Å². The van der Waals surface area contributed by atoms with Crippen molar-refractivity contribution < 1.29 is 18.9 Å². The number of methoxy groups -OCH3 is 1. The lowest BCUT2D eigenvalue weighted by Crippen LogP contribution is -2.11. The zero-order valence-electron chi connectivity index (χ0n) is 13.0. The largest absolute Gasteiger partial charge is 0.382 e. The molecule has 0 bridgehead atoms.